The largest absolute Gasteiger partial charge is 0.468 e. The van der Waals surface area contributed by atoms with E-state index in [1.807, 2.05) is 60.7 Å². The molecule has 6 heteroatoms. The molecule has 2 atom stereocenters. The fourth-order valence-corrected chi connectivity index (χ4v) is 6.05. The second-order valence-corrected chi connectivity index (χ2v) is 11.4. The SMILES string of the molecule is COC(=O)[C@H](c1ccccc1)N1CCC(C2C=CC(NC(=O)c3ccccc3-c3ccc(I)cc3)=CC2)CC1. The molecule has 3 aromatic rings. The first-order chi connectivity index (χ1) is 19.0. The van der Waals surface area contributed by atoms with Crippen LogP contribution in [0.25, 0.3) is 11.1 Å². The lowest BCUT2D eigenvalue weighted by atomic mass is 9.80. The predicted octanol–water partition coefficient (Wildman–Crippen LogP) is 6.77. The summed E-state index contributed by atoms with van der Waals surface area (Å²) < 4.78 is 6.30. The minimum atomic E-state index is -0.358. The first-order valence-corrected chi connectivity index (χ1v) is 14.5. The number of hydrogen-bond acceptors (Lipinski definition) is 4. The molecule has 5 rings (SSSR count). The summed E-state index contributed by atoms with van der Waals surface area (Å²) in [7, 11) is 1.46. The highest BCUT2D eigenvalue weighted by atomic mass is 127. The molecule has 0 aromatic heterocycles. The van der Waals surface area contributed by atoms with Crippen molar-refractivity contribution in [2.75, 3.05) is 20.2 Å². The van der Waals surface area contributed by atoms with E-state index in [1.165, 1.54) is 7.11 Å². The molecule has 1 amide bonds. The topological polar surface area (TPSA) is 58.6 Å². The van der Waals surface area contributed by atoms with Crippen LogP contribution in [-0.2, 0) is 9.53 Å². The Balaban J connectivity index is 1.18. The smallest absolute Gasteiger partial charge is 0.327 e. The third kappa shape index (κ3) is 6.50. The Labute approximate surface area is 244 Å². The van der Waals surface area contributed by atoms with Gasteiger partial charge in [-0.25, -0.2) is 4.79 Å². The number of nitrogens with zero attached hydrogens (tertiary/aromatic N) is 1. The molecule has 0 saturated carbocycles. The lowest BCUT2D eigenvalue weighted by Crippen LogP contribution is -2.41. The Kier molecular flexibility index (Phi) is 8.94. The molecule has 1 heterocycles. The number of ether oxygens (including phenoxy) is 1. The van der Waals surface area contributed by atoms with Crippen molar-refractivity contribution in [2.24, 2.45) is 11.8 Å². The Hall–Kier alpha value is -3.23. The fourth-order valence-electron chi connectivity index (χ4n) is 5.69. The summed E-state index contributed by atoms with van der Waals surface area (Å²) in [4.78, 5) is 28.1. The lowest BCUT2D eigenvalue weighted by Gasteiger charge is -2.38. The van der Waals surface area contributed by atoms with E-state index in [4.69, 9.17) is 4.74 Å². The van der Waals surface area contributed by atoms with E-state index in [1.54, 1.807) is 0 Å². The predicted molar refractivity (Wildman–Crippen MR) is 163 cm³/mol. The Morgan fingerprint density at radius 2 is 1.64 bits per heavy atom. The van der Waals surface area contributed by atoms with Crippen molar-refractivity contribution in [3.05, 3.63) is 117 Å². The number of nitrogens with one attached hydrogen (secondary N) is 1. The summed E-state index contributed by atoms with van der Waals surface area (Å²) in [5.41, 5.74) is 4.45. The molecular formula is C33H33IN2O3. The fraction of sp³-hybridized carbons (Fsp3) is 0.273. The van der Waals surface area contributed by atoms with Crippen molar-refractivity contribution >= 4 is 34.5 Å². The van der Waals surface area contributed by atoms with Crippen molar-refractivity contribution in [2.45, 2.75) is 25.3 Å². The van der Waals surface area contributed by atoms with Crippen molar-refractivity contribution in [1.82, 2.24) is 10.2 Å². The van der Waals surface area contributed by atoms with Gasteiger partial charge in [-0.2, -0.15) is 0 Å². The molecule has 3 aromatic carbocycles. The average molecular weight is 633 g/mol. The number of allylic oxidation sites excluding steroid dienone is 3. The summed E-state index contributed by atoms with van der Waals surface area (Å²) in [6.45, 7) is 1.71. The highest BCUT2D eigenvalue weighted by Gasteiger charge is 2.33. The molecule has 2 aliphatic rings. The number of carbonyl (C=O) groups is 2. The van der Waals surface area contributed by atoms with E-state index < -0.39 is 0 Å². The van der Waals surface area contributed by atoms with Crippen molar-refractivity contribution < 1.29 is 14.3 Å². The molecule has 1 aliphatic heterocycles. The van der Waals surface area contributed by atoms with Crippen LogP contribution >= 0.6 is 22.6 Å². The number of piperidine rings is 1. The number of halogens is 1. The first kappa shape index (κ1) is 27.3. The molecule has 5 nitrogen and oxygen atoms in total. The number of esters is 1. The van der Waals surface area contributed by atoms with Gasteiger partial charge in [-0.15, -0.1) is 0 Å². The highest BCUT2D eigenvalue weighted by Crippen LogP contribution is 2.35. The zero-order chi connectivity index (χ0) is 27.2. The van der Waals surface area contributed by atoms with E-state index in [0.29, 0.717) is 17.4 Å². The minimum absolute atomic E-state index is 0.0958. The average Bonchev–Trinajstić information content (AvgIpc) is 2.99. The molecule has 1 aliphatic carbocycles. The molecule has 0 spiro atoms. The van der Waals surface area contributed by atoms with Crippen LogP contribution in [0.4, 0.5) is 0 Å². The third-order valence-corrected chi connectivity index (χ3v) is 8.52. The van der Waals surface area contributed by atoms with Gasteiger partial charge in [0.1, 0.15) is 6.04 Å². The molecule has 1 N–H and O–H groups in total. The van der Waals surface area contributed by atoms with Crippen LogP contribution in [0.2, 0.25) is 0 Å². The van der Waals surface area contributed by atoms with Gasteiger partial charge >= 0.3 is 5.97 Å². The standard InChI is InChI=1S/C33H33IN2O3/c1-39-33(38)31(26-7-3-2-4-8-26)36-21-19-24(20-22-36)23-13-17-28(18-14-23)35-32(37)30-10-6-5-9-29(30)25-11-15-27(34)16-12-25/h2-13,15-18,23-24,31H,14,19-22H2,1H3,(H,35,37)/t23?,31-/m0/s1. The van der Waals surface area contributed by atoms with Crippen molar-refractivity contribution in [1.29, 1.82) is 0 Å². The summed E-state index contributed by atoms with van der Waals surface area (Å²) in [5, 5.41) is 3.11. The van der Waals surface area contributed by atoms with Crippen LogP contribution in [-0.4, -0.2) is 37.0 Å². The van der Waals surface area contributed by atoms with Crippen LogP contribution in [0, 0.1) is 15.4 Å². The van der Waals surface area contributed by atoms with Crippen LogP contribution in [0.15, 0.2) is 103 Å². The first-order valence-electron chi connectivity index (χ1n) is 13.4. The van der Waals surface area contributed by atoms with Gasteiger partial charge in [0.05, 0.1) is 7.11 Å². The molecular weight excluding hydrogens is 599 g/mol. The Bertz CT molecular complexity index is 1360. The molecule has 0 radical (unpaired) electrons. The highest BCUT2D eigenvalue weighted by molar-refractivity contribution is 14.1. The molecule has 200 valence electrons. The van der Waals surface area contributed by atoms with Gasteiger partial charge in [0.25, 0.3) is 5.91 Å². The minimum Gasteiger partial charge on any atom is -0.468 e. The summed E-state index contributed by atoms with van der Waals surface area (Å²) in [6.07, 6.45) is 9.38. The van der Waals surface area contributed by atoms with Crippen LogP contribution < -0.4 is 5.32 Å². The monoisotopic (exact) mass is 632 g/mol. The Morgan fingerprint density at radius 3 is 2.31 bits per heavy atom. The lowest BCUT2D eigenvalue weighted by molar-refractivity contribution is -0.148. The number of amides is 1. The van der Waals surface area contributed by atoms with E-state index in [0.717, 1.165) is 58.3 Å². The number of rotatable bonds is 7. The van der Waals surface area contributed by atoms with Crippen LogP contribution in [0.5, 0.6) is 0 Å². The number of benzene rings is 3. The van der Waals surface area contributed by atoms with Gasteiger partial charge in [-0.05, 0) is 108 Å². The summed E-state index contributed by atoms with van der Waals surface area (Å²) >= 11 is 2.29. The van der Waals surface area contributed by atoms with Crippen molar-refractivity contribution in [3.63, 3.8) is 0 Å². The van der Waals surface area contributed by atoms with Gasteiger partial charge in [-0.3, -0.25) is 9.69 Å². The van der Waals surface area contributed by atoms with E-state index >= 15 is 0 Å². The molecule has 0 bridgehead atoms. The van der Waals surface area contributed by atoms with Crippen molar-refractivity contribution in [3.8, 4) is 11.1 Å². The second-order valence-electron chi connectivity index (χ2n) is 10.1. The molecule has 1 fully saturated rings. The maximum atomic E-state index is 13.2. The second kappa shape index (κ2) is 12.7. The van der Waals surface area contributed by atoms with Gasteiger partial charge in [0, 0.05) is 14.8 Å². The Morgan fingerprint density at radius 1 is 0.949 bits per heavy atom. The zero-order valence-corrected chi connectivity index (χ0v) is 24.2. The number of hydrogen-bond donors (Lipinski definition) is 1. The van der Waals surface area contributed by atoms with Crippen LogP contribution in [0.3, 0.4) is 0 Å². The number of carbonyl (C=O) groups excluding carboxylic acids is 2. The molecule has 1 saturated heterocycles. The maximum absolute atomic E-state index is 13.2. The molecule has 39 heavy (non-hydrogen) atoms. The zero-order valence-electron chi connectivity index (χ0n) is 22.1. The molecule has 1 unspecified atom stereocenters. The van der Waals surface area contributed by atoms with E-state index in [9.17, 15) is 9.59 Å². The number of likely N-dealkylation sites (tertiary alicyclic amines) is 1. The van der Waals surface area contributed by atoms with E-state index in [-0.39, 0.29) is 17.9 Å². The van der Waals surface area contributed by atoms with E-state index in [2.05, 4.69) is 69.2 Å². The quantitative estimate of drug-likeness (QED) is 0.231. The third-order valence-electron chi connectivity index (χ3n) is 7.80. The van der Waals surface area contributed by atoms with Crippen LogP contribution in [0.1, 0.15) is 41.2 Å². The summed E-state index contributed by atoms with van der Waals surface area (Å²) in [5.74, 6) is 0.674. The summed E-state index contributed by atoms with van der Waals surface area (Å²) in [6, 6.07) is 25.5. The van der Waals surface area contributed by atoms with Gasteiger partial charge in [-0.1, -0.05) is 72.8 Å². The van der Waals surface area contributed by atoms with Gasteiger partial charge in [0.15, 0.2) is 0 Å². The number of methoxy groups -OCH3 is 1. The van der Waals surface area contributed by atoms with Gasteiger partial charge < -0.3 is 10.1 Å². The maximum Gasteiger partial charge on any atom is 0.327 e. The normalized spacial score (nSPS) is 18.7. The van der Waals surface area contributed by atoms with Gasteiger partial charge in [0.2, 0.25) is 0 Å².